The maximum atomic E-state index is 13.1. The first-order chi connectivity index (χ1) is 12.0. The minimum Gasteiger partial charge on any atom is -0.465 e. The average molecular weight is 339 g/mol. The Balaban J connectivity index is 1.66. The summed E-state index contributed by atoms with van der Waals surface area (Å²) >= 11 is 0. The van der Waals surface area contributed by atoms with Gasteiger partial charge in [0.25, 0.3) is 5.91 Å². The van der Waals surface area contributed by atoms with Gasteiger partial charge >= 0.3 is 5.97 Å². The lowest BCUT2D eigenvalue weighted by atomic mass is 10.1. The van der Waals surface area contributed by atoms with Gasteiger partial charge in [-0.15, -0.1) is 0 Å². The molecule has 1 aromatic heterocycles. The van der Waals surface area contributed by atoms with E-state index in [4.69, 9.17) is 0 Å². The number of nitrogens with zero attached hydrogens (tertiary/aromatic N) is 1. The monoisotopic (exact) mass is 339 g/mol. The molecule has 0 radical (unpaired) electrons. The SMILES string of the molecule is COC(=O)c1ccc(/C=C/C(=O)Nc2nc3ccc(F)cc3[nH]2)cc1. The molecule has 0 fully saturated rings. The summed E-state index contributed by atoms with van der Waals surface area (Å²) in [5.41, 5.74) is 2.23. The number of H-pyrrole nitrogens is 1. The third kappa shape index (κ3) is 3.89. The Hall–Kier alpha value is -3.48. The molecule has 3 rings (SSSR count). The molecule has 1 amide bonds. The highest BCUT2D eigenvalue weighted by atomic mass is 19.1. The van der Waals surface area contributed by atoms with E-state index in [-0.39, 0.29) is 11.8 Å². The van der Waals surface area contributed by atoms with Crippen LogP contribution in [0.25, 0.3) is 17.1 Å². The van der Waals surface area contributed by atoms with Crippen molar-refractivity contribution in [1.82, 2.24) is 9.97 Å². The zero-order chi connectivity index (χ0) is 17.8. The van der Waals surface area contributed by atoms with Gasteiger partial charge in [0.15, 0.2) is 0 Å². The van der Waals surface area contributed by atoms with Crippen LogP contribution >= 0.6 is 0 Å². The fraction of sp³-hybridized carbons (Fsp3) is 0.0556. The van der Waals surface area contributed by atoms with Crippen LogP contribution in [-0.4, -0.2) is 29.0 Å². The Morgan fingerprint density at radius 3 is 2.68 bits per heavy atom. The number of carbonyl (C=O) groups is 2. The number of hydrogen-bond acceptors (Lipinski definition) is 4. The lowest BCUT2D eigenvalue weighted by Crippen LogP contribution is -2.08. The number of aromatic amines is 1. The van der Waals surface area contributed by atoms with Crippen LogP contribution in [-0.2, 0) is 9.53 Å². The summed E-state index contributed by atoms with van der Waals surface area (Å²) in [4.78, 5) is 30.3. The Morgan fingerprint density at radius 1 is 1.20 bits per heavy atom. The first-order valence-electron chi connectivity index (χ1n) is 7.38. The Morgan fingerprint density at radius 2 is 1.96 bits per heavy atom. The molecule has 0 aliphatic rings. The fourth-order valence-corrected chi connectivity index (χ4v) is 2.22. The van der Waals surface area contributed by atoms with Gasteiger partial charge in [0.2, 0.25) is 5.95 Å². The number of nitrogens with one attached hydrogen (secondary N) is 2. The summed E-state index contributed by atoms with van der Waals surface area (Å²) in [5.74, 6) is -0.966. The van der Waals surface area contributed by atoms with Crippen LogP contribution < -0.4 is 5.32 Å². The minimum atomic E-state index is -0.422. The lowest BCUT2D eigenvalue weighted by molar-refractivity contribution is -0.111. The van der Waals surface area contributed by atoms with E-state index in [0.29, 0.717) is 16.6 Å². The standard InChI is InChI=1S/C18H14FN3O3/c1-25-17(24)12-5-2-11(3-6-12)4-9-16(23)22-18-20-14-8-7-13(19)10-15(14)21-18/h2-10H,1H3,(H2,20,21,22,23)/b9-4+. The molecule has 0 saturated heterocycles. The zero-order valence-electron chi connectivity index (χ0n) is 13.2. The second-order valence-electron chi connectivity index (χ2n) is 5.18. The summed E-state index contributed by atoms with van der Waals surface area (Å²) in [6.45, 7) is 0. The number of imidazole rings is 1. The summed E-state index contributed by atoms with van der Waals surface area (Å²) in [6.07, 6.45) is 2.93. The number of aromatic nitrogens is 2. The largest absolute Gasteiger partial charge is 0.465 e. The molecule has 2 N–H and O–H groups in total. The summed E-state index contributed by atoms with van der Waals surface area (Å²) in [7, 11) is 1.31. The molecule has 7 heteroatoms. The van der Waals surface area contributed by atoms with Crippen molar-refractivity contribution in [3.8, 4) is 0 Å². The number of rotatable bonds is 4. The maximum absolute atomic E-state index is 13.1. The van der Waals surface area contributed by atoms with Gasteiger partial charge in [0, 0.05) is 6.08 Å². The summed E-state index contributed by atoms with van der Waals surface area (Å²) in [5, 5.41) is 2.57. The van der Waals surface area contributed by atoms with Crippen LogP contribution in [0.3, 0.4) is 0 Å². The van der Waals surface area contributed by atoms with Crippen molar-refractivity contribution in [2.24, 2.45) is 0 Å². The average Bonchev–Trinajstić information content (AvgIpc) is 3.01. The molecule has 2 aromatic carbocycles. The van der Waals surface area contributed by atoms with Crippen molar-refractivity contribution < 1.29 is 18.7 Å². The molecular formula is C18H14FN3O3. The molecule has 0 atom stereocenters. The predicted molar refractivity (Wildman–Crippen MR) is 91.5 cm³/mol. The van der Waals surface area contributed by atoms with Gasteiger partial charge < -0.3 is 9.72 Å². The van der Waals surface area contributed by atoms with Crippen molar-refractivity contribution in [1.29, 1.82) is 0 Å². The molecule has 6 nitrogen and oxygen atoms in total. The van der Waals surface area contributed by atoms with Crippen LogP contribution in [0, 0.1) is 5.82 Å². The van der Waals surface area contributed by atoms with Gasteiger partial charge in [-0.1, -0.05) is 12.1 Å². The van der Waals surface area contributed by atoms with Gasteiger partial charge in [-0.2, -0.15) is 0 Å². The van der Waals surface area contributed by atoms with Gasteiger partial charge in [-0.25, -0.2) is 14.2 Å². The van der Waals surface area contributed by atoms with E-state index in [2.05, 4.69) is 20.0 Å². The highest BCUT2D eigenvalue weighted by Gasteiger charge is 2.06. The van der Waals surface area contributed by atoms with E-state index in [1.165, 1.54) is 31.4 Å². The number of fused-ring (bicyclic) bond motifs is 1. The summed E-state index contributed by atoms with van der Waals surface area (Å²) in [6, 6.07) is 10.7. The van der Waals surface area contributed by atoms with Crippen molar-refractivity contribution in [3.05, 3.63) is 65.5 Å². The molecule has 0 spiro atoms. The molecule has 1 heterocycles. The van der Waals surface area contributed by atoms with Gasteiger partial charge in [0.1, 0.15) is 5.82 Å². The molecule has 0 aliphatic heterocycles. The first-order valence-corrected chi connectivity index (χ1v) is 7.38. The molecule has 0 aliphatic carbocycles. The fourth-order valence-electron chi connectivity index (χ4n) is 2.22. The van der Waals surface area contributed by atoms with E-state index in [9.17, 15) is 14.0 Å². The van der Waals surface area contributed by atoms with E-state index in [1.807, 2.05) is 0 Å². The number of anilines is 1. The van der Waals surface area contributed by atoms with Gasteiger partial charge in [-0.3, -0.25) is 10.1 Å². The van der Waals surface area contributed by atoms with Crippen LogP contribution in [0.1, 0.15) is 15.9 Å². The first kappa shape index (κ1) is 16.4. The van der Waals surface area contributed by atoms with Crippen LogP contribution in [0.15, 0.2) is 48.5 Å². The van der Waals surface area contributed by atoms with Crippen LogP contribution in [0.5, 0.6) is 0 Å². The second-order valence-corrected chi connectivity index (χ2v) is 5.18. The number of hydrogen-bond donors (Lipinski definition) is 2. The molecule has 0 unspecified atom stereocenters. The minimum absolute atomic E-state index is 0.233. The highest BCUT2D eigenvalue weighted by molar-refractivity contribution is 6.01. The van der Waals surface area contributed by atoms with Crippen molar-refractivity contribution >= 4 is 34.9 Å². The number of halogens is 1. The van der Waals surface area contributed by atoms with E-state index in [0.717, 1.165) is 5.56 Å². The number of ether oxygens (including phenoxy) is 1. The third-order valence-electron chi connectivity index (χ3n) is 3.44. The highest BCUT2D eigenvalue weighted by Crippen LogP contribution is 2.15. The van der Waals surface area contributed by atoms with E-state index in [1.54, 1.807) is 30.3 Å². The van der Waals surface area contributed by atoms with E-state index < -0.39 is 11.9 Å². The smallest absolute Gasteiger partial charge is 0.337 e. The molecule has 25 heavy (non-hydrogen) atoms. The third-order valence-corrected chi connectivity index (χ3v) is 3.44. The Kier molecular flexibility index (Phi) is 4.56. The van der Waals surface area contributed by atoms with Crippen molar-refractivity contribution in [2.45, 2.75) is 0 Å². The van der Waals surface area contributed by atoms with Crippen LogP contribution in [0.4, 0.5) is 10.3 Å². The van der Waals surface area contributed by atoms with E-state index >= 15 is 0 Å². The second kappa shape index (κ2) is 6.96. The van der Waals surface area contributed by atoms with Crippen molar-refractivity contribution in [2.75, 3.05) is 12.4 Å². The number of carbonyl (C=O) groups excluding carboxylic acids is 2. The number of methoxy groups -OCH3 is 1. The topological polar surface area (TPSA) is 84.1 Å². The zero-order valence-corrected chi connectivity index (χ0v) is 13.2. The van der Waals surface area contributed by atoms with Gasteiger partial charge in [-0.05, 0) is 42.0 Å². The van der Waals surface area contributed by atoms with Crippen LogP contribution in [0.2, 0.25) is 0 Å². The number of esters is 1. The van der Waals surface area contributed by atoms with Crippen molar-refractivity contribution in [3.63, 3.8) is 0 Å². The number of amides is 1. The number of benzene rings is 2. The maximum Gasteiger partial charge on any atom is 0.337 e. The lowest BCUT2D eigenvalue weighted by Gasteiger charge is -1.99. The Labute approximate surface area is 142 Å². The summed E-state index contributed by atoms with van der Waals surface area (Å²) < 4.78 is 17.8. The Bertz CT molecular complexity index is 961. The molecule has 0 bridgehead atoms. The quantitative estimate of drug-likeness (QED) is 0.565. The molecule has 126 valence electrons. The molecule has 3 aromatic rings. The van der Waals surface area contributed by atoms with Gasteiger partial charge in [0.05, 0.1) is 23.7 Å². The predicted octanol–water partition coefficient (Wildman–Crippen LogP) is 3.14. The normalized spacial score (nSPS) is 11.0. The molecule has 0 saturated carbocycles. The molecular weight excluding hydrogens is 325 g/mol.